The maximum Gasteiger partial charge on any atom is 0.225 e. The van der Waals surface area contributed by atoms with E-state index in [-0.39, 0.29) is 17.7 Å². The van der Waals surface area contributed by atoms with E-state index in [1.54, 1.807) is 24.5 Å². The van der Waals surface area contributed by atoms with Crippen LogP contribution >= 0.6 is 11.3 Å². The zero-order valence-corrected chi connectivity index (χ0v) is 21.6. The van der Waals surface area contributed by atoms with Crippen LogP contribution in [0, 0.1) is 12.8 Å². The van der Waals surface area contributed by atoms with Crippen LogP contribution in [-0.2, 0) is 9.59 Å². The summed E-state index contributed by atoms with van der Waals surface area (Å²) in [5, 5.41) is 4.41. The van der Waals surface area contributed by atoms with Gasteiger partial charge in [0.2, 0.25) is 11.8 Å². The van der Waals surface area contributed by atoms with Crippen molar-refractivity contribution in [3.8, 4) is 10.6 Å². The number of aromatic nitrogens is 3. The molecule has 3 aromatic rings. The fourth-order valence-electron chi connectivity index (χ4n) is 5.06. The molecule has 1 N–H and O–H groups in total. The van der Waals surface area contributed by atoms with E-state index in [1.165, 1.54) is 0 Å². The molecule has 1 aliphatic carbocycles. The topological polar surface area (TPSA) is 91.3 Å². The maximum absolute atomic E-state index is 13.0. The Labute approximate surface area is 215 Å². The predicted molar refractivity (Wildman–Crippen MR) is 141 cm³/mol. The number of thiazole rings is 1. The minimum absolute atomic E-state index is 0.0872. The van der Waals surface area contributed by atoms with Gasteiger partial charge in [-0.15, -0.1) is 11.3 Å². The summed E-state index contributed by atoms with van der Waals surface area (Å²) >= 11 is 1.70. The quantitative estimate of drug-likeness (QED) is 0.545. The molecular formula is C27H32N6O2S. The second-order valence-corrected chi connectivity index (χ2v) is 10.8. The average Bonchev–Trinajstić information content (AvgIpc) is 3.39. The Balaban J connectivity index is 1.17. The van der Waals surface area contributed by atoms with Crippen LogP contribution in [0.2, 0.25) is 0 Å². The molecule has 36 heavy (non-hydrogen) atoms. The molecule has 9 heteroatoms. The first-order chi connectivity index (χ1) is 17.5. The molecule has 188 valence electrons. The van der Waals surface area contributed by atoms with Crippen molar-refractivity contribution in [3.63, 3.8) is 0 Å². The second-order valence-electron chi connectivity index (χ2n) is 9.69. The summed E-state index contributed by atoms with van der Waals surface area (Å²) in [6.07, 6.45) is 7.45. The summed E-state index contributed by atoms with van der Waals surface area (Å²) < 4.78 is 0. The molecule has 2 fully saturated rings. The number of hydrogen-bond acceptors (Lipinski definition) is 7. The van der Waals surface area contributed by atoms with Crippen LogP contribution in [0.3, 0.4) is 0 Å². The molecule has 0 bridgehead atoms. The summed E-state index contributed by atoms with van der Waals surface area (Å²) in [5.41, 5.74) is 2.03. The summed E-state index contributed by atoms with van der Waals surface area (Å²) in [4.78, 5) is 43.3. The lowest BCUT2D eigenvalue weighted by atomic mass is 9.81. The SMILES string of the molecule is CC(=O)N1CCN(C(=O)C2CCC(c3ncc(-c4cccc(Nc5cc(C)ccn5)n4)s3)CC2)CC1. The molecule has 5 rings (SSSR count). The molecule has 3 aromatic heterocycles. The molecule has 4 heterocycles. The predicted octanol–water partition coefficient (Wildman–Crippen LogP) is 4.62. The monoisotopic (exact) mass is 504 g/mol. The smallest absolute Gasteiger partial charge is 0.225 e. The van der Waals surface area contributed by atoms with Crippen molar-refractivity contribution in [2.24, 2.45) is 5.92 Å². The van der Waals surface area contributed by atoms with Gasteiger partial charge in [-0.05, 0) is 62.4 Å². The number of aryl methyl sites for hydroxylation is 1. The summed E-state index contributed by atoms with van der Waals surface area (Å²) in [6, 6.07) is 9.90. The zero-order valence-electron chi connectivity index (χ0n) is 20.8. The van der Waals surface area contributed by atoms with Gasteiger partial charge in [0.05, 0.1) is 15.6 Å². The average molecular weight is 505 g/mol. The van der Waals surface area contributed by atoms with Gasteiger partial charge >= 0.3 is 0 Å². The molecule has 2 aliphatic rings. The first-order valence-electron chi connectivity index (χ1n) is 12.6. The largest absolute Gasteiger partial charge is 0.339 e. The fraction of sp³-hybridized carbons (Fsp3) is 0.444. The number of pyridine rings is 2. The van der Waals surface area contributed by atoms with Gasteiger partial charge in [0, 0.05) is 57.3 Å². The highest BCUT2D eigenvalue weighted by atomic mass is 32.1. The molecule has 2 amide bonds. The van der Waals surface area contributed by atoms with Gasteiger partial charge in [0.25, 0.3) is 0 Å². The first-order valence-corrected chi connectivity index (χ1v) is 13.4. The number of anilines is 2. The van der Waals surface area contributed by atoms with Crippen LogP contribution in [0.25, 0.3) is 10.6 Å². The summed E-state index contributed by atoms with van der Waals surface area (Å²) in [5.74, 6) is 2.35. The van der Waals surface area contributed by atoms with E-state index in [2.05, 4.69) is 10.3 Å². The van der Waals surface area contributed by atoms with Crippen LogP contribution in [0.5, 0.6) is 0 Å². The fourth-order valence-corrected chi connectivity index (χ4v) is 6.12. The number of carbonyl (C=O) groups excluding carboxylic acids is 2. The third-order valence-electron chi connectivity index (χ3n) is 7.16. The molecule has 1 aliphatic heterocycles. The highest BCUT2D eigenvalue weighted by Gasteiger charge is 2.32. The van der Waals surface area contributed by atoms with Crippen molar-refractivity contribution in [3.05, 3.63) is 53.3 Å². The van der Waals surface area contributed by atoms with Crippen molar-refractivity contribution in [2.75, 3.05) is 31.5 Å². The van der Waals surface area contributed by atoms with Crippen LogP contribution < -0.4 is 5.32 Å². The molecule has 0 spiro atoms. The van der Waals surface area contributed by atoms with Gasteiger partial charge in [-0.1, -0.05) is 6.07 Å². The van der Waals surface area contributed by atoms with E-state index in [9.17, 15) is 9.59 Å². The van der Waals surface area contributed by atoms with Gasteiger partial charge in [-0.25, -0.2) is 15.0 Å². The number of nitrogens with one attached hydrogen (secondary N) is 1. The Morgan fingerprint density at radius 1 is 0.972 bits per heavy atom. The van der Waals surface area contributed by atoms with Crippen LogP contribution in [-0.4, -0.2) is 62.7 Å². The molecule has 0 unspecified atom stereocenters. The van der Waals surface area contributed by atoms with E-state index in [0.29, 0.717) is 32.1 Å². The molecule has 0 aromatic carbocycles. The van der Waals surface area contributed by atoms with E-state index in [0.717, 1.165) is 58.5 Å². The van der Waals surface area contributed by atoms with Crippen molar-refractivity contribution in [2.45, 2.75) is 45.4 Å². The summed E-state index contributed by atoms with van der Waals surface area (Å²) in [7, 11) is 0. The van der Waals surface area contributed by atoms with Gasteiger partial charge in [-0.2, -0.15) is 0 Å². The molecule has 1 saturated heterocycles. The molecule has 0 radical (unpaired) electrons. The molecule has 1 saturated carbocycles. The van der Waals surface area contributed by atoms with Gasteiger partial charge in [0.1, 0.15) is 11.6 Å². The first kappa shape index (κ1) is 24.4. The van der Waals surface area contributed by atoms with E-state index in [4.69, 9.17) is 9.97 Å². The van der Waals surface area contributed by atoms with Gasteiger partial charge in [0.15, 0.2) is 0 Å². The minimum atomic E-state index is 0.0872. The van der Waals surface area contributed by atoms with Crippen LogP contribution in [0.4, 0.5) is 11.6 Å². The number of hydrogen-bond donors (Lipinski definition) is 1. The Morgan fingerprint density at radius 2 is 1.72 bits per heavy atom. The van der Waals surface area contributed by atoms with E-state index < -0.39 is 0 Å². The number of rotatable bonds is 5. The lowest BCUT2D eigenvalue weighted by Gasteiger charge is -2.37. The van der Waals surface area contributed by atoms with Crippen molar-refractivity contribution in [1.29, 1.82) is 0 Å². The Morgan fingerprint density at radius 3 is 2.44 bits per heavy atom. The standard InChI is InChI=1S/C27H32N6O2S/c1-18-10-11-28-25(16-18)31-24-5-3-4-22(30-24)23-17-29-26(36-23)20-6-8-21(9-7-20)27(35)33-14-12-32(13-15-33)19(2)34/h3-5,10-11,16-17,20-21H,6-9,12-15H2,1-2H3,(H,28,30,31). The molecular weight excluding hydrogens is 472 g/mol. The highest BCUT2D eigenvalue weighted by molar-refractivity contribution is 7.15. The lowest BCUT2D eigenvalue weighted by Crippen LogP contribution is -2.51. The normalized spacial score (nSPS) is 20.3. The molecule has 0 atom stereocenters. The second kappa shape index (κ2) is 10.7. The Hall–Kier alpha value is -3.33. The minimum Gasteiger partial charge on any atom is -0.339 e. The zero-order chi connectivity index (χ0) is 25.1. The Bertz CT molecular complexity index is 1230. The molecule has 8 nitrogen and oxygen atoms in total. The van der Waals surface area contributed by atoms with Crippen molar-refractivity contribution >= 4 is 34.8 Å². The summed E-state index contributed by atoms with van der Waals surface area (Å²) in [6.45, 7) is 6.21. The highest BCUT2D eigenvalue weighted by Crippen LogP contribution is 2.40. The van der Waals surface area contributed by atoms with E-state index in [1.807, 2.05) is 53.3 Å². The number of nitrogens with zero attached hydrogens (tertiary/aromatic N) is 5. The van der Waals surface area contributed by atoms with Crippen LogP contribution in [0.15, 0.2) is 42.7 Å². The maximum atomic E-state index is 13.0. The van der Waals surface area contributed by atoms with Gasteiger partial charge in [-0.3, -0.25) is 9.59 Å². The number of amides is 2. The third kappa shape index (κ3) is 5.56. The van der Waals surface area contributed by atoms with Crippen LogP contribution in [0.1, 0.15) is 49.1 Å². The van der Waals surface area contributed by atoms with Crippen molar-refractivity contribution in [1.82, 2.24) is 24.8 Å². The number of carbonyl (C=O) groups is 2. The third-order valence-corrected chi connectivity index (χ3v) is 8.34. The lowest BCUT2D eigenvalue weighted by molar-refractivity contribution is -0.142. The van der Waals surface area contributed by atoms with E-state index >= 15 is 0 Å². The van der Waals surface area contributed by atoms with Crippen molar-refractivity contribution < 1.29 is 9.59 Å². The van der Waals surface area contributed by atoms with Gasteiger partial charge < -0.3 is 15.1 Å². The Kier molecular flexibility index (Phi) is 7.27. The number of piperazine rings is 1.